The van der Waals surface area contributed by atoms with Crippen LogP contribution in [0.3, 0.4) is 0 Å². The van der Waals surface area contributed by atoms with Crippen molar-refractivity contribution in [2.24, 2.45) is 0 Å². The number of nitrogens with one attached hydrogen (secondary N) is 1. The van der Waals surface area contributed by atoms with Crippen molar-refractivity contribution < 1.29 is 13.9 Å². The summed E-state index contributed by atoms with van der Waals surface area (Å²) in [4.78, 5) is 8.05. The highest BCUT2D eigenvalue weighted by Crippen LogP contribution is 2.43. The third kappa shape index (κ3) is 4.12. The van der Waals surface area contributed by atoms with Gasteiger partial charge in [-0.05, 0) is 38.7 Å². The summed E-state index contributed by atoms with van der Waals surface area (Å²) in [7, 11) is 1.39. The number of hydrogen-bond acceptors (Lipinski definition) is 5. The van der Waals surface area contributed by atoms with E-state index in [0.717, 1.165) is 32.1 Å². The summed E-state index contributed by atoms with van der Waals surface area (Å²) in [6.45, 7) is 5.71. The molecule has 3 rings (SSSR count). The van der Waals surface area contributed by atoms with Crippen LogP contribution in [-0.2, 0) is 10.2 Å². The summed E-state index contributed by atoms with van der Waals surface area (Å²) >= 11 is 0. The van der Waals surface area contributed by atoms with Crippen LogP contribution in [0, 0.1) is 5.82 Å². The average molecular weight is 359 g/mol. The molecule has 140 valence electrons. The number of nitrogens with zero attached hydrogens (tertiary/aromatic N) is 2. The topological polar surface area (TPSA) is 56.3 Å². The molecule has 1 unspecified atom stereocenters. The third-order valence-electron chi connectivity index (χ3n) is 5.02. The van der Waals surface area contributed by atoms with Gasteiger partial charge in [-0.15, -0.1) is 0 Å². The zero-order chi connectivity index (χ0) is 18.6. The Morgan fingerprint density at radius 1 is 1.27 bits per heavy atom. The first-order chi connectivity index (χ1) is 12.4. The monoisotopic (exact) mass is 359 g/mol. The number of methoxy groups -OCH3 is 1. The highest BCUT2D eigenvalue weighted by atomic mass is 19.1. The van der Waals surface area contributed by atoms with Gasteiger partial charge in [0.15, 0.2) is 0 Å². The summed E-state index contributed by atoms with van der Waals surface area (Å²) in [6.07, 6.45) is 3.94. The van der Waals surface area contributed by atoms with Crippen molar-refractivity contribution in [1.29, 1.82) is 0 Å². The molecule has 0 radical (unpaired) electrons. The van der Waals surface area contributed by atoms with Crippen molar-refractivity contribution >= 4 is 5.95 Å². The first kappa shape index (κ1) is 18.6. The molecule has 2 heterocycles. The quantitative estimate of drug-likeness (QED) is 0.846. The normalized spacial score (nSPS) is 22.0. The molecule has 5 nitrogen and oxygen atoms in total. The highest BCUT2D eigenvalue weighted by Gasteiger charge is 2.41. The van der Waals surface area contributed by atoms with Gasteiger partial charge in [0.25, 0.3) is 5.88 Å². The predicted molar refractivity (Wildman–Crippen MR) is 99.0 cm³/mol. The van der Waals surface area contributed by atoms with Crippen LogP contribution in [0.15, 0.2) is 36.5 Å². The van der Waals surface area contributed by atoms with Crippen LogP contribution < -0.4 is 10.1 Å². The molecule has 26 heavy (non-hydrogen) atoms. The lowest BCUT2D eigenvalue weighted by Crippen LogP contribution is -2.45. The van der Waals surface area contributed by atoms with Gasteiger partial charge in [0, 0.05) is 18.6 Å². The molecule has 1 aliphatic heterocycles. The number of benzene rings is 1. The molecule has 1 aromatic heterocycles. The molecular formula is C20H26FN3O2. The minimum absolute atomic E-state index is 0.0279. The SMILES string of the molecule is COc1nc(NCCC2(c3ccccc3)CCOC(C)(C)C2)ncc1F. The van der Waals surface area contributed by atoms with Crippen LogP contribution in [0.2, 0.25) is 0 Å². The Morgan fingerprint density at radius 3 is 2.73 bits per heavy atom. The maximum absolute atomic E-state index is 13.5. The van der Waals surface area contributed by atoms with Crippen LogP contribution >= 0.6 is 0 Å². The second-order valence-corrected chi connectivity index (χ2v) is 7.41. The number of rotatable bonds is 6. The summed E-state index contributed by atoms with van der Waals surface area (Å²) in [5, 5.41) is 3.21. The standard InChI is InChI=1S/C20H26FN3O2/c1-19(2)14-20(10-12-26-19,15-7-5-4-6-8-15)9-11-22-18-23-13-16(21)17(24-18)25-3/h4-8,13H,9-12,14H2,1-3H3,(H,22,23,24). The van der Waals surface area contributed by atoms with Crippen molar-refractivity contribution in [2.45, 2.75) is 44.1 Å². The molecule has 1 atom stereocenters. The second-order valence-electron chi connectivity index (χ2n) is 7.41. The van der Waals surface area contributed by atoms with Gasteiger partial charge in [-0.3, -0.25) is 0 Å². The van der Waals surface area contributed by atoms with Crippen LogP contribution in [0.4, 0.5) is 10.3 Å². The van der Waals surface area contributed by atoms with Gasteiger partial charge in [0.05, 0.1) is 18.9 Å². The van der Waals surface area contributed by atoms with E-state index < -0.39 is 5.82 Å². The first-order valence-electron chi connectivity index (χ1n) is 8.94. The van der Waals surface area contributed by atoms with Crippen molar-refractivity contribution in [3.05, 3.63) is 47.9 Å². The van der Waals surface area contributed by atoms with E-state index in [9.17, 15) is 4.39 Å². The number of anilines is 1. The Hall–Kier alpha value is -2.21. The lowest BCUT2D eigenvalue weighted by atomic mass is 9.67. The molecule has 1 saturated heterocycles. The number of hydrogen-bond donors (Lipinski definition) is 1. The van der Waals surface area contributed by atoms with Gasteiger partial charge in [-0.1, -0.05) is 30.3 Å². The Bertz CT molecular complexity index is 739. The fourth-order valence-electron chi connectivity index (χ4n) is 3.87. The third-order valence-corrected chi connectivity index (χ3v) is 5.02. The van der Waals surface area contributed by atoms with E-state index in [1.54, 1.807) is 0 Å². The van der Waals surface area contributed by atoms with Crippen LogP contribution in [-0.4, -0.2) is 35.8 Å². The fraction of sp³-hybridized carbons (Fsp3) is 0.500. The number of halogens is 1. The largest absolute Gasteiger partial charge is 0.479 e. The Morgan fingerprint density at radius 2 is 2.04 bits per heavy atom. The van der Waals surface area contributed by atoms with Gasteiger partial charge < -0.3 is 14.8 Å². The van der Waals surface area contributed by atoms with Crippen molar-refractivity contribution in [3.63, 3.8) is 0 Å². The molecule has 1 aromatic carbocycles. The smallest absolute Gasteiger partial charge is 0.255 e. The van der Waals surface area contributed by atoms with E-state index in [2.05, 4.69) is 53.4 Å². The lowest BCUT2D eigenvalue weighted by molar-refractivity contribution is -0.0835. The zero-order valence-corrected chi connectivity index (χ0v) is 15.6. The zero-order valence-electron chi connectivity index (χ0n) is 15.6. The Balaban J connectivity index is 1.75. The van der Waals surface area contributed by atoms with E-state index in [1.807, 2.05) is 6.07 Å². The van der Waals surface area contributed by atoms with Crippen LogP contribution in [0.25, 0.3) is 0 Å². The van der Waals surface area contributed by atoms with Gasteiger partial charge in [0.1, 0.15) is 0 Å². The molecule has 6 heteroatoms. The number of ether oxygens (including phenoxy) is 2. The molecule has 0 bridgehead atoms. The van der Waals surface area contributed by atoms with Gasteiger partial charge in [-0.2, -0.15) is 9.37 Å². The lowest BCUT2D eigenvalue weighted by Gasteiger charge is -2.45. The van der Waals surface area contributed by atoms with E-state index in [1.165, 1.54) is 12.7 Å². The van der Waals surface area contributed by atoms with Gasteiger partial charge in [-0.25, -0.2) is 4.98 Å². The second kappa shape index (κ2) is 7.58. The van der Waals surface area contributed by atoms with Crippen molar-refractivity contribution in [2.75, 3.05) is 25.6 Å². The Labute approximate surface area is 154 Å². The minimum atomic E-state index is -0.565. The molecule has 1 aliphatic rings. The first-order valence-corrected chi connectivity index (χ1v) is 8.94. The average Bonchev–Trinajstić information content (AvgIpc) is 2.63. The highest BCUT2D eigenvalue weighted by molar-refractivity contribution is 5.30. The van der Waals surface area contributed by atoms with E-state index in [-0.39, 0.29) is 16.9 Å². The molecule has 0 saturated carbocycles. The van der Waals surface area contributed by atoms with E-state index in [4.69, 9.17) is 9.47 Å². The number of aromatic nitrogens is 2. The molecule has 1 N–H and O–H groups in total. The molecule has 0 amide bonds. The van der Waals surface area contributed by atoms with E-state index in [0.29, 0.717) is 12.5 Å². The molecule has 0 spiro atoms. The summed E-state index contributed by atoms with van der Waals surface area (Å²) in [5.74, 6) is -0.241. The van der Waals surface area contributed by atoms with Gasteiger partial charge in [0.2, 0.25) is 11.8 Å². The summed E-state index contributed by atoms with van der Waals surface area (Å²) in [5.41, 5.74) is 1.19. The summed E-state index contributed by atoms with van der Waals surface area (Å²) in [6, 6.07) is 10.6. The maximum Gasteiger partial charge on any atom is 0.255 e. The molecule has 0 aliphatic carbocycles. The van der Waals surface area contributed by atoms with E-state index >= 15 is 0 Å². The van der Waals surface area contributed by atoms with Crippen molar-refractivity contribution in [1.82, 2.24) is 9.97 Å². The van der Waals surface area contributed by atoms with Crippen LogP contribution in [0.5, 0.6) is 5.88 Å². The van der Waals surface area contributed by atoms with Crippen LogP contribution in [0.1, 0.15) is 38.7 Å². The minimum Gasteiger partial charge on any atom is -0.479 e. The fourth-order valence-corrected chi connectivity index (χ4v) is 3.87. The van der Waals surface area contributed by atoms with Crippen molar-refractivity contribution in [3.8, 4) is 5.88 Å². The maximum atomic E-state index is 13.5. The van der Waals surface area contributed by atoms with Gasteiger partial charge >= 0.3 is 0 Å². The predicted octanol–water partition coefficient (Wildman–Crippen LogP) is 3.95. The Kier molecular flexibility index (Phi) is 5.41. The molecular weight excluding hydrogens is 333 g/mol. The molecule has 2 aromatic rings. The summed E-state index contributed by atoms with van der Waals surface area (Å²) < 4.78 is 24.3. The molecule has 1 fully saturated rings.